The zero-order valence-corrected chi connectivity index (χ0v) is 26.0. The van der Waals surface area contributed by atoms with Gasteiger partial charge in [-0.15, -0.1) is 0 Å². The lowest BCUT2D eigenvalue weighted by Crippen LogP contribution is -2.20. The molecule has 4 heterocycles. The van der Waals surface area contributed by atoms with Gasteiger partial charge in [-0.25, -0.2) is 0 Å². The average molecular weight is 615 g/mol. The van der Waals surface area contributed by atoms with Crippen molar-refractivity contribution in [2.75, 3.05) is 72.5 Å². The van der Waals surface area contributed by atoms with E-state index in [1.54, 1.807) is 0 Å². The molecule has 6 unspecified atom stereocenters. The van der Waals surface area contributed by atoms with Gasteiger partial charge in [0, 0.05) is 69.4 Å². The average Bonchev–Trinajstić information content (AvgIpc) is 3.66. The molecule has 200 valence electrons. The molecule has 4 aliphatic rings. The van der Waals surface area contributed by atoms with Crippen molar-refractivity contribution < 1.29 is 18.9 Å². The van der Waals surface area contributed by atoms with Crippen molar-refractivity contribution in [3.8, 4) is 0 Å². The van der Waals surface area contributed by atoms with Crippen LogP contribution in [-0.4, -0.2) is 117 Å². The molecule has 4 fully saturated rings. The standard InChI is InChI=1S/C24H38O4S7/c29-21(5-17-9-25-17)7-23(15-33-2-1-31-13-19-11-27-19)35-16-24(8-22(30)6-18-10-26-18)34-4-3-32-14-20-12-28-20/h17-20,23-24H,1-16H2. The lowest BCUT2D eigenvalue weighted by molar-refractivity contribution is 0.414. The summed E-state index contributed by atoms with van der Waals surface area (Å²) in [5.74, 6) is 9.41. The first-order valence-electron chi connectivity index (χ1n) is 12.6. The number of epoxide rings is 4. The molecule has 0 aromatic rings. The lowest BCUT2D eigenvalue weighted by atomic mass is 10.1. The maximum Gasteiger partial charge on any atom is 0.0900 e. The SMILES string of the molecule is S=C(CC1CO1)CC(CSCCSCC1CO1)SCC(CC(=S)CC1CO1)SCCSCC1CO1. The first-order chi connectivity index (χ1) is 17.1. The van der Waals surface area contributed by atoms with E-state index in [2.05, 4.69) is 35.3 Å². The zero-order chi connectivity index (χ0) is 24.3. The highest BCUT2D eigenvalue weighted by Gasteiger charge is 2.27. The van der Waals surface area contributed by atoms with Crippen LogP contribution in [0, 0.1) is 0 Å². The van der Waals surface area contributed by atoms with Crippen LogP contribution in [0.4, 0.5) is 0 Å². The monoisotopic (exact) mass is 614 g/mol. The van der Waals surface area contributed by atoms with Gasteiger partial charge in [-0.1, -0.05) is 24.4 Å². The number of thioether (sulfide) groups is 5. The van der Waals surface area contributed by atoms with Gasteiger partial charge in [0.05, 0.1) is 50.8 Å². The van der Waals surface area contributed by atoms with Crippen LogP contribution >= 0.6 is 83.2 Å². The second-order valence-corrected chi connectivity index (χ2v) is 16.7. The minimum Gasteiger partial charge on any atom is -0.373 e. The van der Waals surface area contributed by atoms with Crippen LogP contribution in [0.15, 0.2) is 0 Å². The number of hydrogen-bond acceptors (Lipinski definition) is 11. The number of hydrogen-bond donors (Lipinski definition) is 0. The Morgan fingerprint density at radius 3 is 1.57 bits per heavy atom. The van der Waals surface area contributed by atoms with E-state index in [9.17, 15) is 0 Å². The van der Waals surface area contributed by atoms with E-state index in [4.69, 9.17) is 43.4 Å². The zero-order valence-electron chi connectivity index (χ0n) is 20.3. The fraction of sp³-hybridized carbons (Fsp3) is 0.917. The summed E-state index contributed by atoms with van der Waals surface area (Å²) >= 11 is 21.9. The minimum atomic E-state index is 0.394. The molecule has 0 aromatic carbocycles. The molecule has 35 heavy (non-hydrogen) atoms. The number of ether oxygens (including phenoxy) is 4. The Morgan fingerprint density at radius 2 is 1.06 bits per heavy atom. The van der Waals surface area contributed by atoms with Gasteiger partial charge in [-0.3, -0.25) is 0 Å². The first kappa shape index (κ1) is 29.7. The summed E-state index contributed by atoms with van der Waals surface area (Å²) in [6, 6.07) is 0. The Labute approximate surface area is 243 Å². The molecule has 6 atom stereocenters. The fourth-order valence-corrected chi connectivity index (χ4v) is 10.9. The third kappa shape index (κ3) is 15.2. The second-order valence-electron chi connectivity index (χ2n) is 9.39. The van der Waals surface area contributed by atoms with Gasteiger partial charge in [-0.2, -0.15) is 58.8 Å². The maximum absolute atomic E-state index is 5.76. The molecule has 4 rings (SSSR count). The predicted octanol–water partition coefficient (Wildman–Crippen LogP) is 5.29. The first-order valence-corrected chi connectivity index (χ1v) is 19.0. The highest BCUT2D eigenvalue weighted by molar-refractivity contribution is 8.06. The summed E-state index contributed by atoms with van der Waals surface area (Å²) in [5.41, 5.74) is 0. The van der Waals surface area contributed by atoms with Gasteiger partial charge in [0.15, 0.2) is 0 Å². The van der Waals surface area contributed by atoms with Crippen molar-refractivity contribution in [1.29, 1.82) is 0 Å². The fourth-order valence-electron chi connectivity index (χ4n) is 3.49. The van der Waals surface area contributed by atoms with Gasteiger partial charge in [0.2, 0.25) is 0 Å². The van der Waals surface area contributed by atoms with Crippen molar-refractivity contribution in [2.45, 2.75) is 60.6 Å². The highest BCUT2D eigenvalue weighted by atomic mass is 32.2. The van der Waals surface area contributed by atoms with Gasteiger partial charge in [0.25, 0.3) is 0 Å². The molecule has 11 heteroatoms. The van der Waals surface area contributed by atoms with Crippen LogP contribution in [0.25, 0.3) is 0 Å². The molecule has 0 bridgehead atoms. The summed E-state index contributed by atoms with van der Waals surface area (Å²) < 4.78 is 21.5. The normalized spacial score (nSPS) is 27.9. The summed E-state index contributed by atoms with van der Waals surface area (Å²) in [5, 5.41) is 1.15. The van der Waals surface area contributed by atoms with E-state index < -0.39 is 0 Å². The third-order valence-electron chi connectivity index (χ3n) is 5.81. The van der Waals surface area contributed by atoms with Crippen LogP contribution in [0.2, 0.25) is 0 Å². The molecular weight excluding hydrogens is 577 g/mol. The Kier molecular flexibility index (Phi) is 14.3. The Bertz CT molecular complexity index is 654. The quantitative estimate of drug-likeness (QED) is 0.0810. The molecule has 0 radical (unpaired) electrons. The van der Waals surface area contributed by atoms with Crippen LogP contribution < -0.4 is 0 Å². The topological polar surface area (TPSA) is 50.1 Å². The third-order valence-corrected chi connectivity index (χ3v) is 13.4. The Morgan fingerprint density at radius 1 is 0.600 bits per heavy atom. The summed E-state index contributed by atoms with van der Waals surface area (Å²) in [4.78, 5) is 2.38. The van der Waals surface area contributed by atoms with Crippen molar-refractivity contribution in [2.24, 2.45) is 0 Å². The van der Waals surface area contributed by atoms with Crippen LogP contribution in [0.3, 0.4) is 0 Å². The largest absolute Gasteiger partial charge is 0.373 e. The van der Waals surface area contributed by atoms with E-state index in [1.165, 1.54) is 38.5 Å². The van der Waals surface area contributed by atoms with E-state index in [0.29, 0.717) is 34.9 Å². The van der Waals surface area contributed by atoms with E-state index in [0.717, 1.165) is 69.4 Å². The molecule has 0 aromatic heterocycles. The van der Waals surface area contributed by atoms with E-state index in [-0.39, 0.29) is 0 Å². The van der Waals surface area contributed by atoms with Crippen molar-refractivity contribution in [3.63, 3.8) is 0 Å². The predicted molar refractivity (Wildman–Crippen MR) is 167 cm³/mol. The van der Waals surface area contributed by atoms with Crippen LogP contribution in [0.5, 0.6) is 0 Å². The molecule has 0 amide bonds. The van der Waals surface area contributed by atoms with Gasteiger partial charge >= 0.3 is 0 Å². The molecule has 0 saturated carbocycles. The maximum atomic E-state index is 5.76. The highest BCUT2D eigenvalue weighted by Crippen LogP contribution is 2.30. The summed E-state index contributed by atoms with van der Waals surface area (Å²) in [6.45, 7) is 3.70. The number of thiocarbonyl (C=S) groups is 2. The van der Waals surface area contributed by atoms with Crippen LogP contribution in [-0.2, 0) is 18.9 Å². The van der Waals surface area contributed by atoms with E-state index >= 15 is 0 Å². The molecule has 4 aliphatic heterocycles. The molecule has 0 N–H and O–H groups in total. The molecule has 0 aliphatic carbocycles. The Hall–Kier alpha value is 1.77. The van der Waals surface area contributed by atoms with Crippen molar-refractivity contribution in [3.05, 3.63) is 0 Å². The molecular formula is C24H38O4S7. The van der Waals surface area contributed by atoms with E-state index in [1.807, 2.05) is 23.5 Å². The van der Waals surface area contributed by atoms with Gasteiger partial charge < -0.3 is 18.9 Å². The number of rotatable bonds is 24. The van der Waals surface area contributed by atoms with Gasteiger partial charge in [0.1, 0.15) is 0 Å². The molecule has 4 nitrogen and oxygen atoms in total. The Balaban J connectivity index is 1.17. The summed E-state index contributed by atoms with van der Waals surface area (Å²) in [7, 11) is 0. The van der Waals surface area contributed by atoms with Crippen LogP contribution in [0.1, 0.15) is 25.7 Å². The minimum absolute atomic E-state index is 0.394. The second kappa shape index (κ2) is 16.8. The lowest BCUT2D eigenvalue weighted by Gasteiger charge is -2.22. The smallest absolute Gasteiger partial charge is 0.0900 e. The molecule has 0 spiro atoms. The molecule has 4 saturated heterocycles. The summed E-state index contributed by atoms with van der Waals surface area (Å²) in [6.07, 6.45) is 5.82. The van der Waals surface area contributed by atoms with Crippen molar-refractivity contribution in [1.82, 2.24) is 0 Å². The van der Waals surface area contributed by atoms with Gasteiger partial charge in [-0.05, 0) is 22.6 Å². The van der Waals surface area contributed by atoms with Crippen molar-refractivity contribution >= 4 is 93.0 Å².